The molecule has 2 rings (SSSR count). The van der Waals surface area contributed by atoms with Gasteiger partial charge < -0.3 is 10.5 Å². The van der Waals surface area contributed by atoms with Crippen molar-refractivity contribution in [3.63, 3.8) is 0 Å². The molecule has 1 aromatic heterocycles. The number of pyridine rings is 1. The van der Waals surface area contributed by atoms with Gasteiger partial charge in [0.25, 0.3) is 0 Å². The van der Waals surface area contributed by atoms with Crippen molar-refractivity contribution in [3.8, 4) is 11.6 Å². The lowest BCUT2D eigenvalue weighted by atomic mass is 10.2. The van der Waals surface area contributed by atoms with Crippen LogP contribution >= 0.6 is 15.9 Å². The number of halogens is 5. The van der Waals surface area contributed by atoms with Gasteiger partial charge in [0.05, 0.1) is 4.47 Å². The lowest BCUT2D eigenvalue weighted by molar-refractivity contribution is -0.141. The molecule has 2 aromatic rings. The van der Waals surface area contributed by atoms with E-state index in [4.69, 9.17) is 10.5 Å². The molecule has 0 saturated heterocycles. The smallest absolute Gasteiger partial charge is 0.433 e. The Morgan fingerprint density at radius 3 is 2.48 bits per heavy atom. The Morgan fingerprint density at radius 1 is 1.19 bits per heavy atom. The molecule has 0 unspecified atom stereocenters. The third-order valence-corrected chi connectivity index (χ3v) is 3.20. The van der Waals surface area contributed by atoms with E-state index in [9.17, 15) is 17.6 Å². The molecule has 3 nitrogen and oxygen atoms in total. The first-order valence-electron chi connectivity index (χ1n) is 5.71. The number of ether oxygens (including phenoxy) is 1. The molecule has 8 heteroatoms. The third kappa shape index (κ3) is 3.70. The molecule has 0 spiro atoms. The second-order valence-corrected chi connectivity index (χ2v) is 4.89. The van der Waals surface area contributed by atoms with Crippen LogP contribution in [0.15, 0.2) is 34.8 Å². The summed E-state index contributed by atoms with van der Waals surface area (Å²) in [5.41, 5.74) is 4.61. The molecule has 0 saturated carbocycles. The van der Waals surface area contributed by atoms with Crippen LogP contribution in [0.2, 0.25) is 0 Å². The lowest BCUT2D eigenvalue weighted by Gasteiger charge is -2.12. The highest BCUT2D eigenvalue weighted by molar-refractivity contribution is 9.10. The summed E-state index contributed by atoms with van der Waals surface area (Å²) < 4.78 is 56.7. The number of nitrogens with zero attached hydrogens (tertiary/aromatic N) is 1. The molecule has 21 heavy (non-hydrogen) atoms. The monoisotopic (exact) mass is 364 g/mol. The molecule has 1 heterocycles. The molecule has 0 amide bonds. The van der Waals surface area contributed by atoms with E-state index in [0.717, 1.165) is 12.1 Å². The number of nitrogens with two attached hydrogens (primary N) is 1. The molecule has 0 aliphatic carbocycles. The normalized spacial score (nSPS) is 11.5. The minimum Gasteiger partial charge on any atom is -0.439 e. The lowest BCUT2D eigenvalue weighted by Crippen LogP contribution is -2.10. The summed E-state index contributed by atoms with van der Waals surface area (Å²) >= 11 is 2.97. The van der Waals surface area contributed by atoms with Gasteiger partial charge in [-0.3, -0.25) is 0 Å². The van der Waals surface area contributed by atoms with Crippen LogP contribution in [0.25, 0.3) is 0 Å². The maximum Gasteiger partial charge on any atom is 0.433 e. The van der Waals surface area contributed by atoms with Crippen molar-refractivity contribution in [2.24, 2.45) is 5.73 Å². The molecule has 112 valence electrons. The predicted molar refractivity (Wildman–Crippen MR) is 71.3 cm³/mol. The second-order valence-electron chi connectivity index (χ2n) is 4.04. The van der Waals surface area contributed by atoms with Gasteiger partial charge >= 0.3 is 6.18 Å². The molecular weight excluding hydrogens is 356 g/mol. The molecule has 0 bridgehead atoms. The summed E-state index contributed by atoms with van der Waals surface area (Å²) in [7, 11) is 0. The number of benzene rings is 1. The van der Waals surface area contributed by atoms with Gasteiger partial charge in [0.15, 0.2) is 0 Å². The van der Waals surface area contributed by atoms with E-state index in [-0.39, 0.29) is 28.2 Å². The zero-order valence-electron chi connectivity index (χ0n) is 10.4. The average Bonchev–Trinajstić information content (AvgIpc) is 2.42. The summed E-state index contributed by atoms with van der Waals surface area (Å²) in [6, 6.07) is 5.81. The molecule has 2 N–H and O–H groups in total. The number of alkyl halides is 3. The van der Waals surface area contributed by atoms with Crippen molar-refractivity contribution in [1.29, 1.82) is 0 Å². The van der Waals surface area contributed by atoms with Gasteiger partial charge in [-0.1, -0.05) is 6.07 Å². The van der Waals surface area contributed by atoms with Crippen molar-refractivity contribution in [1.82, 2.24) is 4.98 Å². The van der Waals surface area contributed by atoms with E-state index >= 15 is 0 Å². The summed E-state index contributed by atoms with van der Waals surface area (Å²) in [5.74, 6) is -0.875. The van der Waals surface area contributed by atoms with Crippen molar-refractivity contribution in [2.45, 2.75) is 12.7 Å². The Hall–Kier alpha value is -1.67. The van der Waals surface area contributed by atoms with Crippen LogP contribution in [0.5, 0.6) is 11.6 Å². The zero-order valence-corrected chi connectivity index (χ0v) is 12.0. The number of rotatable bonds is 3. The van der Waals surface area contributed by atoms with Crippen molar-refractivity contribution in [3.05, 3.63) is 51.9 Å². The van der Waals surface area contributed by atoms with E-state index in [1.165, 1.54) is 18.2 Å². The summed E-state index contributed by atoms with van der Waals surface area (Å²) in [6.07, 6.45) is -4.60. The molecule has 0 fully saturated rings. The van der Waals surface area contributed by atoms with Gasteiger partial charge in [-0.2, -0.15) is 13.2 Å². The second kappa shape index (κ2) is 5.98. The fourth-order valence-electron chi connectivity index (χ4n) is 1.52. The van der Waals surface area contributed by atoms with E-state index in [0.29, 0.717) is 0 Å². The fourth-order valence-corrected chi connectivity index (χ4v) is 1.77. The van der Waals surface area contributed by atoms with Crippen molar-refractivity contribution in [2.75, 3.05) is 0 Å². The first kappa shape index (κ1) is 15.7. The van der Waals surface area contributed by atoms with E-state index < -0.39 is 17.7 Å². The molecule has 0 atom stereocenters. The van der Waals surface area contributed by atoms with Gasteiger partial charge in [0.2, 0.25) is 5.88 Å². The Bertz CT molecular complexity index is 661. The van der Waals surface area contributed by atoms with Gasteiger partial charge in [-0.05, 0) is 34.1 Å². The van der Waals surface area contributed by atoms with Crippen LogP contribution in [0.1, 0.15) is 11.3 Å². The van der Waals surface area contributed by atoms with Crippen molar-refractivity contribution >= 4 is 15.9 Å². The Kier molecular flexibility index (Phi) is 4.48. The largest absolute Gasteiger partial charge is 0.439 e. The van der Waals surface area contributed by atoms with Gasteiger partial charge in [-0.25, -0.2) is 9.37 Å². The minimum atomic E-state index is -4.60. The molecule has 0 aliphatic rings. The van der Waals surface area contributed by atoms with Crippen molar-refractivity contribution < 1.29 is 22.3 Å². The van der Waals surface area contributed by atoms with E-state index in [2.05, 4.69) is 20.9 Å². The van der Waals surface area contributed by atoms with Gasteiger partial charge in [0.1, 0.15) is 17.3 Å². The Balaban J connectivity index is 2.39. The minimum absolute atomic E-state index is 0.0252. The Morgan fingerprint density at radius 2 is 1.90 bits per heavy atom. The SMILES string of the molecule is NCc1ccc(C(F)(F)F)nc1Oc1ccc(Br)c(F)c1. The predicted octanol–water partition coefficient (Wildman–Crippen LogP) is 4.25. The maximum atomic E-state index is 13.4. The van der Waals surface area contributed by atoms with Crippen LogP contribution in [0, 0.1) is 5.82 Å². The summed E-state index contributed by atoms with van der Waals surface area (Å²) in [4.78, 5) is 3.40. The summed E-state index contributed by atoms with van der Waals surface area (Å²) in [6.45, 7) is -0.0561. The van der Waals surface area contributed by atoms with E-state index in [1.54, 1.807) is 0 Å². The van der Waals surface area contributed by atoms with Crippen LogP contribution < -0.4 is 10.5 Å². The molecule has 1 aromatic carbocycles. The quantitative estimate of drug-likeness (QED) is 0.828. The topological polar surface area (TPSA) is 48.1 Å². The third-order valence-electron chi connectivity index (χ3n) is 2.56. The van der Waals surface area contributed by atoms with Crippen LogP contribution in [-0.2, 0) is 12.7 Å². The maximum absolute atomic E-state index is 13.4. The fraction of sp³-hybridized carbons (Fsp3) is 0.154. The standard InChI is InChI=1S/C13H9BrF4N2O/c14-9-3-2-8(5-10(9)15)21-12-7(6-19)1-4-11(20-12)13(16,17)18/h1-5H,6,19H2. The highest BCUT2D eigenvalue weighted by Crippen LogP contribution is 2.32. The Labute approximate surface area is 125 Å². The van der Waals surface area contributed by atoms with Crippen LogP contribution in [-0.4, -0.2) is 4.98 Å². The van der Waals surface area contributed by atoms with Crippen LogP contribution in [0.4, 0.5) is 17.6 Å². The number of hydrogen-bond acceptors (Lipinski definition) is 3. The molecule has 0 radical (unpaired) electrons. The molecule has 0 aliphatic heterocycles. The number of hydrogen-bond donors (Lipinski definition) is 1. The highest BCUT2D eigenvalue weighted by Gasteiger charge is 2.33. The van der Waals surface area contributed by atoms with Crippen LogP contribution in [0.3, 0.4) is 0 Å². The molecular formula is C13H9BrF4N2O. The summed E-state index contributed by atoms with van der Waals surface area (Å²) in [5, 5.41) is 0. The number of aromatic nitrogens is 1. The average molecular weight is 365 g/mol. The first-order chi connectivity index (χ1) is 9.81. The van der Waals surface area contributed by atoms with E-state index in [1.807, 2.05) is 0 Å². The highest BCUT2D eigenvalue weighted by atomic mass is 79.9. The van der Waals surface area contributed by atoms with Gasteiger partial charge in [-0.15, -0.1) is 0 Å². The van der Waals surface area contributed by atoms with Gasteiger partial charge in [0, 0.05) is 18.2 Å². The zero-order chi connectivity index (χ0) is 15.6. The first-order valence-corrected chi connectivity index (χ1v) is 6.50.